The Hall–Kier alpha value is -0.710. The molecule has 1 saturated heterocycles. The SMILES string of the molecule is FC(F)(F)C(F)(F)C(F)(F)C(F)(F)CCOC[C@H]1CO1. The van der Waals surface area contributed by atoms with Crippen molar-refractivity contribution in [1.82, 2.24) is 0 Å². The summed E-state index contributed by atoms with van der Waals surface area (Å²) in [6, 6.07) is 0. The second-order valence-corrected chi connectivity index (χ2v) is 4.13. The molecule has 1 fully saturated rings. The van der Waals surface area contributed by atoms with Crippen LogP contribution >= 0.6 is 0 Å². The van der Waals surface area contributed by atoms with Crippen molar-refractivity contribution in [2.24, 2.45) is 0 Å². The third kappa shape index (κ3) is 3.30. The van der Waals surface area contributed by atoms with E-state index in [0.29, 0.717) is 0 Å². The normalized spacial score (nSPS) is 21.1. The Morgan fingerprint density at radius 3 is 1.80 bits per heavy atom. The predicted molar refractivity (Wildman–Crippen MR) is 46.1 cm³/mol. The Morgan fingerprint density at radius 1 is 0.900 bits per heavy atom. The van der Waals surface area contributed by atoms with E-state index in [1.54, 1.807) is 0 Å². The van der Waals surface area contributed by atoms with E-state index in [2.05, 4.69) is 9.47 Å². The Labute approximate surface area is 106 Å². The lowest BCUT2D eigenvalue weighted by molar-refractivity contribution is -0.397. The van der Waals surface area contributed by atoms with Gasteiger partial charge in [-0.25, -0.2) is 0 Å². The van der Waals surface area contributed by atoms with Crippen LogP contribution in [0.3, 0.4) is 0 Å². The second kappa shape index (κ2) is 5.24. The zero-order valence-corrected chi connectivity index (χ0v) is 9.62. The van der Waals surface area contributed by atoms with Gasteiger partial charge in [0.05, 0.1) is 19.8 Å². The summed E-state index contributed by atoms with van der Waals surface area (Å²) < 4.78 is 121. The minimum Gasteiger partial charge on any atom is -0.378 e. The van der Waals surface area contributed by atoms with Crippen LogP contribution in [0, 0.1) is 0 Å². The molecule has 0 bridgehead atoms. The summed E-state index contributed by atoms with van der Waals surface area (Å²) in [7, 11) is 0. The summed E-state index contributed by atoms with van der Waals surface area (Å²) in [5.41, 5.74) is 0. The van der Waals surface area contributed by atoms with Crippen LogP contribution in [-0.4, -0.2) is 49.9 Å². The van der Waals surface area contributed by atoms with E-state index < -0.39 is 37.0 Å². The van der Waals surface area contributed by atoms with Crippen molar-refractivity contribution in [1.29, 1.82) is 0 Å². The highest BCUT2D eigenvalue weighted by Crippen LogP contribution is 2.53. The van der Waals surface area contributed by atoms with Crippen LogP contribution in [0.5, 0.6) is 0 Å². The second-order valence-electron chi connectivity index (χ2n) is 4.13. The van der Waals surface area contributed by atoms with Crippen LogP contribution in [0.25, 0.3) is 0 Å². The number of hydrogen-bond donors (Lipinski definition) is 0. The highest BCUT2D eigenvalue weighted by molar-refractivity contribution is 5.00. The molecule has 0 aliphatic carbocycles. The first-order chi connectivity index (χ1) is 8.83. The van der Waals surface area contributed by atoms with Crippen molar-refractivity contribution in [3.8, 4) is 0 Å². The molecule has 0 aromatic carbocycles. The predicted octanol–water partition coefficient (Wildman–Crippen LogP) is 3.26. The van der Waals surface area contributed by atoms with Crippen LogP contribution < -0.4 is 0 Å². The van der Waals surface area contributed by atoms with E-state index in [4.69, 9.17) is 0 Å². The zero-order chi connectivity index (χ0) is 15.8. The number of halogens is 9. The van der Waals surface area contributed by atoms with Crippen LogP contribution in [-0.2, 0) is 9.47 Å². The number of alkyl halides is 9. The number of ether oxygens (including phenoxy) is 2. The fraction of sp³-hybridized carbons (Fsp3) is 1.00. The summed E-state index contributed by atoms with van der Waals surface area (Å²) in [6.07, 6.45) is -9.15. The molecular weight excluding hydrogens is 311 g/mol. The molecule has 0 aromatic heterocycles. The van der Waals surface area contributed by atoms with E-state index in [9.17, 15) is 39.5 Å². The molecule has 0 spiro atoms. The van der Waals surface area contributed by atoms with E-state index in [-0.39, 0.29) is 19.3 Å². The molecule has 1 rings (SSSR count). The lowest BCUT2D eigenvalue weighted by Crippen LogP contribution is -2.61. The molecule has 11 heteroatoms. The molecule has 0 aromatic rings. The zero-order valence-electron chi connectivity index (χ0n) is 9.62. The molecular formula is C9H9F9O2. The maximum absolute atomic E-state index is 12.9. The summed E-state index contributed by atoms with van der Waals surface area (Å²) in [4.78, 5) is 0. The van der Waals surface area contributed by atoms with Crippen LogP contribution in [0.1, 0.15) is 6.42 Å². The maximum Gasteiger partial charge on any atom is 0.460 e. The fourth-order valence-corrected chi connectivity index (χ4v) is 1.14. The smallest absolute Gasteiger partial charge is 0.378 e. The van der Waals surface area contributed by atoms with Gasteiger partial charge in [-0.2, -0.15) is 39.5 Å². The summed E-state index contributed by atoms with van der Waals surface area (Å²) in [5.74, 6) is -19.0. The summed E-state index contributed by atoms with van der Waals surface area (Å²) >= 11 is 0. The topological polar surface area (TPSA) is 21.8 Å². The van der Waals surface area contributed by atoms with E-state index in [1.165, 1.54) is 0 Å². The molecule has 0 N–H and O–H groups in total. The first-order valence-corrected chi connectivity index (χ1v) is 5.22. The standard InChI is InChI=1S/C9H9F9O2/c10-6(11,1-2-19-3-5-4-20-5)7(12,13)8(14,15)9(16,17)18/h5H,1-4H2/t5-/m0/s1. The average molecular weight is 320 g/mol. The Balaban J connectivity index is 2.66. The van der Waals surface area contributed by atoms with Gasteiger partial charge in [0.15, 0.2) is 0 Å². The minimum absolute atomic E-state index is 0.225. The van der Waals surface area contributed by atoms with Crippen molar-refractivity contribution in [2.75, 3.05) is 19.8 Å². The van der Waals surface area contributed by atoms with Gasteiger partial charge in [-0.3, -0.25) is 0 Å². The van der Waals surface area contributed by atoms with Crippen molar-refractivity contribution in [3.05, 3.63) is 0 Å². The summed E-state index contributed by atoms with van der Waals surface area (Å²) in [6.45, 7) is -1.05. The van der Waals surface area contributed by atoms with E-state index in [1.807, 2.05) is 0 Å². The Kier molecular flexibility index (Phi) is 4.55. The third-order valence-electron chi connectivity index (χ3n) is 2.48. The molecule has 120 valence electrons. The van der Waals surface area contributed by atoms with Crippen molar-refractivity contribution in [2.45, 2.75) is 36.5 Å². The maximum atomic E-state index is 12.9. The van der Waals surface area contributed by atoms with Gasteiger partial charge in [0.2, 0.25) is 0 Å². The lowest BCUT2D eigenvalue weighted by Gasteiger charge is -2.33. The van der Waals surface area contributed by atoms with Crippen LogP contribution in [0.4, 0.5) is 39.5 Å². The molecule has 2 nitrogen and oxygen atoms in total. The van der Waals surface area contributed by atoms with Gasteiger partial charge in [0.1, 0.15) is 6.10 Å². The van der Waals surface area contributed by atoms with Gasteiger partial charge in [0.25, 0.3) is 0 Å². The molecule has 1 aliphatic heterocycles. The highest BCUT2D eigenvalue weighted by Gasteiger charge is 2.81. The number of hydrogen-bond acceptors (Lipinski definition) is 2. The third-order valence-corrected chi connectivity index (χ3v) is 2.48. The van der Waals surface area contributed by atoms with Crippen molar-refractivity contribution >= 4 is 0 Å². The average Bonchev–Trinajstić information content (AvgIpc) is 3.06. The van der Waals surface area contributed by atoms with Crippen LogP contribution in [0.2, 0.25) is 0 Å². The Morgan fingerprint density at radius 2 is 1.40 bits per heavy atom. The van der Waals surface area contributed by atoms with E-state index >= 15 is 0 Å². The number of rotatable bonds is 7. The number of epoxide rings is 1. The van der Waals surface area contributed by atoms with Gasteiger partial charge in [-0.1, -0.05) is 0 Å². The van der Waals surface area contributed by atoms with Crippen molar-refractivity contribution < 1.29 is 49.0 Å². The molecule has 0 amide bonds. The minimum atomic E-state index is -6.84. The van der Waals surface area contributed by atoms with Gasteiger partial charge in [-0.05, 0) is 0 Å². The molecule has 0 saturated carbocycles. The quantitative estimate of drug-likeness (QED) is 0.408. The molecule has 0 unspecified atom stereocenters. The lowest BCUT2D eigenvalue weighted by atomic mass is 10.0. The van der Waals surface area contributed by atoms with Gasteiger partial charge >= 0.3 is 23.9 Å². The molecule has 1 aliphatic rings. The van der Waals surface area contributed by atoms with Gasteiger partial charge in [0, 0.05) is 6.42 Å². The monoisotopic (exact) mass is 320 g/mol. The molecule has 0 radical (unpaired) electrons. The first-order valence-electron chi connectivity index (χ1n) is 5.22. The molecule has 1 heterocycles. The molecule has 1 atom stereocenters. The van der Waals surface area contributed by atoms with Crippen molar-refractivity contribution in [3.63, 3.8) is 0 Å². The van der Waals surface area contributed by atoms with Gasteiger partial charge in [-0.15, -0.1) is 0 Å². The molecule has 20 heavy (non-hydrogen) atoms. The van der Waals surface area contributed by atoms with E-state index in [0.717, 1.165) is 0 Å². The fourth-order valence-electron chi connectivity index (χ4n) is 1.14. The summed E-state index contributed by atoms with van der Waals surface area (Å²) in [5, 5.41) is 0. The highest BCUT2D eigenvalue weighted by atomic mass is 19.4. The largest absolute Gasteiger partial charge is 0.460 e. The Bertz CT molecular complexity index is 335. The van der Waals surface area contributed by atoms with Gasteiger partial charge < -0.3 is 9.47 Å². The van der Waals surface area contributed by atoms with Crippen LogP contribution in [0.15, 0.2) is 0 Å². The first kappa shape index (κ1) is 17.3.